The van der Waals surface area contributed by atoms with Gasteiger partial charge >= 0.3 is 0 Å². The number of anilines is 3. The van der Waals surface area contributed by atoms with Crippen LogP contribution in [0.1, 0.15) is 0 Å². The zero-order valence-corrected chi connectivity index (χ0v) is 42.6. The molecule has 5 aromatic heterocycles. The van der Waals surface area contributed by atoms with Crippen molar-refractivity contribution in [3.8, 4) is 56.4 Å². The molecule has 0 spiro atoms. The third-order valence-corrected chi connectivity index (χ3v) is 17.2. The fourth-order valence-electron chi connectivity index (χ4n) is 11.3. The summed E-state index contributed by atoms with van der Waals surface area (Å²) < 4.78 is 18.1. The number of aromatic nitrogens is 3. The van der Waals surface area contributed by atoms with Gasteiger partial charge in [0.1, 0.15) is 22.3 Å². The molecule has 11 aromatic carbocycles. The molecule has 0 fully saturated rings. The first kappa shape index (κ1) is 43.6. The molecule has 0 aliphatic carbocycles. The summed E-state index contributed by atoms with van der Waals surface area (Å²) in [4.78, 5) is 18.6. The van der Waals surface area contributed by atoms with E-state index >= 15 is 0 Å². The first-order valence-electron chi connectivity index (χ1n) is 25.6. The summed E-state index contributed by atoms with van der Waals surface area (Å²) in [6.45, 7) is 0. The Bertz CT molecular complexity index is 4810. The van der Waals surface area contributed by atoms with Crippen LogP contribution in [0.2, 0.25) is 0 Å². The Labute approximate surface area is 449 Å². The minimum Gasteiger partial charge on any atom is -0.456 e. The molecule has 0 saturated heterocycles. The van der Waals surface area contributed by atoms with Gasteiger partial charge in [-0.15, -0.1) is 22.7 Å². The van der Waals surface area contributed by atoms with E-state index < -0.39 is 0 Å². The first-order chi connectivity index (χ1) is 38.1. The number of hydrogen-bond acceptors (Lipinski definition) is 8. The summed E-state index contributed by atoms with van der Waals surface area (Å²) >= 11 is 3.59. The van der Waals surface area contributed by atoms with Gasteiger partial charge in [-0.05, 0) is 90.0 Å². The summed E-state index contributed by atoms with van der Waals surface area (Å²) in [6, 6.07) is 85.8. The van der Waals surface area contributed by atoms with Gasteiger partial charge in [-0.1, -0.05) is 158 Å². The third-order valence-electron chi connectivity index (χ3n) is 14.9. The van der Waals surface area contributed by atoms with Gasteiger partial charge in [-0.3, -0.25) is 0 Å². The standard InChI is InChI=1S/C69H40N4O2S2/c1-4-16-41(17-5-1)54-34-45(69-71-67(43-28-31-52-50-23-11-14-26-62(50)76-64(52)36-43)70-68(72-69)44-29-32-53-51-24-12-15-27-63(51)77-65(53)37-44)35-55(42-18-6-2-7-19-42)66(54)73(46-20-8-3-9-21-46)47-30-33-49-57-40-60-56(39-61(57)75-59(49)38-47)48-22-10-13-25-58(48)74-60/h1-40H. The Balaban J connectivity index is 0.935. The lowest BCUT2D eigenvalue weighted by molar-refractivity contribution is 0.664. The van der Waals surface area contributed by atoms with Gasteiger partial charge < -0.3 is 13.7 Å². The smallest absolute Gasteiger partial charge is 0.164 e. The van der Waals surface area contributed by atoms with Crippen molar-refractivity contribution in [2.24, 2.45) is 0 Å². The molecule has 360 valence electrons. The molecule has 5 heterocycles. The average molecular weight is 1020 g/mol. The van der Waals surface area contributed by atoms with Crippen LogP contribution in [0.4, 0.5) is 17.1 Å². The molecular formula is C69H40N4O2S2. The van der Waals surface area contributed by atoms with Gasteiger partial charge in [0, 0.05) is 107 Å². The lowest BCUT2D eigenvalue weighted by Crippen LogP contribution is -2.13. The van der Waals surface area contributed by atoms with E-state index in [9.17, 15) is 0 Å². The van der Waals surface area contributed by atoms with E-state index in [1.54, 1.807) is 22.7 Å². The van der Waals surface area contributed by atoms with E-state index in [0.717, 1.165) is 99.9 Å². The van der Waals surface area contributed by atoms with Gasteiger partial charge in [0.2, 0.25) is 0 Å². The minimum atomic E-state index is 0.576. The summed E-state index contributed by atoms with van der Waals surface area (Å²) in [5.41, 5.74) is 13.0. The summed E-state index contributed by atoms with van der Waals surface area (Å²) in [5.74, 6) is 1.80. The number of para-hydroxylation sites is 2. The molecule has 0 amide bonds. The Hall–Kier alpha value is -9.73. The van der Waals surface area contributed by atoms with E-state index in [-0.39, 0.29) is 0 Å². The normalized spacial score (nSPS) is 11.9. The summed E-state index contributed by atoms with van der Waals surface area (Å²) in [6.07, 6.45) is 0. The summed E-state index contributed by atoms with van der Waals surface area (Å²) in [7, 11) is 0. The van der Waals surface area contributed by atoms with Crippen molar-refractivity contribution in [1.29, 1.82) is 0 Å². The van der Waals surface area contributed by atoms with Crippen molar-refractivity contribution >= 4 is 124 Å². The van der Waals surface area contributed by atoms with Gasteiger partial charge in [0.05, 0.1) is 5.69 Å². The number of thiophene rings is 2. The lowest BCUT2D eigenvalue weighted by Gasteiger charge is -2.31. The highest BCUT2D eigenvalue weighted by atomic mass is 32.1. The van der Waals surface area contributed by atoms with Gasteiger partial charge in [-0.25, -0.2) is 15.0 Å². The van der Waals surface area contributed by atoms with E-state index in [1.807, 2.05) is 18.2 Å². The van der Waals surface area contributed by atoms with Crippen LogP contribution in [0.25, 0.3) is 141 Å². The Morgan fingerprint density at radius 3 is 1.27 bits per heavy atom. The second-order valence-electron chi connectivity index (χ2n) is 19.5. The van der Waals surface area contributed by atoms with Crippen LogP contribution in [0.3, 0.4) is 0 Å². The largest absolute Gasteiger partial charge is 0.456 e. The monoisotopic (exact) mass is 1020 g/mol. The molecule has 0 bridgehead atoms. The highest BCUT2D eigenvalue weighted by molar-refractivity contribution is 7.26. The molecule has 0 atom stereocenters. The van der Waals surface area contributed by atoms with Crippen molar-refractivity contribution in [3.05, 3.63) is 243 Å². The Morgan fingerprint density at radius 2 is 0.701 bits per heavy atom. The maximum atomic E-state index is 6.83. The number of nitrogens with zero attached hydrogens (tertiary/aromatic N) is 4. The quantitative estimate of drug-likeness (QED) is 0.151. The van der Waals surface area contributed by atoms with Crippen LogP contribution >= 0.6 is 22.7 Å². The van der Waals surface area contributed by atoms with Gasteiger partial charge in [0.15, 0.2) is 17.5 Å². The second kappa shape index (κ2) is 17.4. The maximum absolute atomic E-state index is 6.83. The third kappa shape index (κ3) is 7.25. The van der Waals surface area contributed by atoms with Crippen molar-refractivity contribution < 1.29 is 8.83 Å². The first-order valence-corrected chi connectivity index (χ1v) is 27.3. The number of benzene rings is 11. The molecule has 16 aromatic rings. The fourth-order valence-corrected chi connectivity index (χ4v) is 13.6. The molecule has 8 heteroatoms. The number of fused-ring (bicyclic) bond motifs is 12. The Kier molecular flexibility index (Phi) is 9.88. The van der Waals surface area contributed by atoms with E-state index in [2.05, 4.69) is 229 Å². The maximum Gasteiger partial charge on any atom is 0.164 e. The lowest BCUT2D eigenvalue weighted by atomic mass is 9.91. The molecule has 0 saturated carbocycles. The fraction of sp³-hybridized carbons (Fsp3) is 0. The number of rotatable bonds is 8. The second-order valence-corrected chi connectivity index (χ2v) is 21.6. The molecule has 0 radical (unpaired) electrons. The Morgan fingerprint density at radius 1 is 0.273 bits per heavy atom. The molecule has 0 unspecified atom stereocenters. The SMILES string of the molecule is c1ccc(-c2cc(-c3nc(-c4ccc5c(c4)sc4ccccc45)nc(-c4ccc5c(c4)sc4ccccc45)n3)cc(-c3ccccc3)c2N(c2ccccc2)c2ccc3c(c2)oc2cc4c(cc23)oc2ccccc24)cc1. The zero-order chi connectivity index (χ0) is 50.6. The van der Waals surface area contributed by atoms with Crippen LogP contribution in [0.15, 0.2) is 251 Å². The molecule has 16 rings (SSSR count). The van der Waals surface area contributed by atoms with Gasteiger partial charge in [-0.2, -0.15) is 0 Å². The van der Waals surface area contributed by atoms with E-state index in [1.165, 1.54) is 40.3 Å². The molecular weight excluding hydrogens is 981 g/mol. The summed E-state index contributed by atoms with van der Waals surface area (Å²) in [5, 5.41) is 9.07. The predicted octanol–water partition coefficient (Wildman–Crippen LogP) is 20.2. The van der Waals surface area contributed by atoms with Crippen LogP contribution in [0, 0.1) is 0 Å². The average Bonchev–Trinajstić information content (AvgIpc) is 4.35. The topological polar surface area (TPSA) is 68.2 Å². The van der Waals surface area contributed by atoms with E-state index in [0.29, 0.717) is 17.5 Å². The molecule has 77 heavy (non-hydrogen) atoms. The van der Waals surface area contributed by atoms with Gasteiger partial charge in [0.25, 0.3) is 0 Å². The highest BCUT2D eigenvalue weighted by Gasteiger charge is 2.26. The number of hydrogen-bond donors (Lipinski definition) is 0. The van der Waals surface area contributed by atoms with Crippen LogP contribution in [-0.2, 0) is 0 Å². The van der Waals surface area contributed by atoms with Crippen LogP contribution in [-0.4, -0.2) is 15.0 Å². The van der Waals surface area contributed by atoms with Crippen LogP contribution < -0.4 is 4.90 Å². The molecule has 6 nitrogen and oxygen atoms in total. The van der Waals surface area contributed by atoms with Crippen molar-refractivity contribution in [1.82, 2.24) is 15.0 Å². The molecule has 0 N–H and O–H groups in total. The predicted molar refractivity (Wildman–Crippen MR) is 322 cm³/mol. The minimum absolute atomic E-state index is 0.576. The zero-order valence-electron chi connectivity index (χ0n) is 41.0. The molecule has 0 aliphatic rings. The molecule has 0 aliphatic heterocycles. The van der Waals surface area contributed by atoms with Crippen LogP contribution in [0.5, 0.6) is 0 Å². The van der Waals surface area contributed by atoms with Crippen molar-refractivity contribution in [2.75, 3.05) is 4.90 Å². The van der Waals surface area contributed by atoms with E-state index in [4.69, 9.17) is 23.8 Å². The van der Waals surface area contributed by atoms with Crippen molar-refractivity contribution in [3.63, 3.8) is 0 Å². The van der Waals surface area contributed by atoms with Crippen molar-refractivity contribution in [2.45, 2.75) is 0 Å². The number of furan rings is 2. The highest BCUT2D eigenvalue weighted by Crippen LogP contribution is 2.50.